The van der Waals surface area contributed by atoms with Crippen molar-refractivity contribution < 1.29 is 69.1 Å². The zero-order valence-corrected chi connectivity index (χ0v) is 24.0. The molecule has 2 saturated carbocycles. The highest BCUT2D eigenvalue weighted by Crippen LogP contribution is 2.57. The van der Waals surface area contributed by atoms with Crippen LogP contribution in [-0.4, -0.2) is 89.8 Å². The summed E-state index contributed by atoms with van der Waals surface area (Å²) in [6, 6.07) is 4.57. The van der Waals surface area contributed by atoms with Gasteiger partial charge in [0.2, 0.25) is 0 Å². The number of hydrogen-bond donors (Lipinski definition) is 7. The van der Waals surface area contributed by atoms with E-state index in [0.29, 0.717) is 0 Å². The zero-order valence-electron chi connectivity index (χ0n) is 24.0. The Bertz CT molecular complexity index is 1800. The Morgan fingerprint density at radius 3 is 1.58 bits per heavy atom. The number of fused-ring (bicyclic) bond motifs is 4. The highest BCUT2D eigenvalue weighted by atomic mass is 16.6. The number of ketones is 2. The van der Waals surface area contributed by atoms with Gasteiger partial charge in [-0.1, -0.05) is 13.8 Å². The highest BCUT2D eigenvalue weighted by Gasteiger charge is 2.64. The molecule has 2 heterocycles. The quantitative estimate of drug-likeness (QED) is 0.241. The predicted molar refractivity (Wildman–Crippen MR) is 150 cm³/mol. The van der Waals surface area contributed by atoms with Crippen LogP contribution in [0.25, 0.3) is 22.6 Å². The number of phenolic OH excluding ortho intramolecular Hbond substituents is 2. The summed E-state index contributed by atoms with van der Waals surface area (Å²) in [4.78, 5) is 52.3. The standard InChI is InChI=1S/C31H28O14/c1-10-8-16(34)20-22(36)18-14(32)6-4-12(24(18)44-30(20,26(10)38)28(40)41)13-5-7-15(33)19-23(37)21-17(35)9-11(2)27(39)31(21,29(42)43-3)45-25(13)19/h4-7,10-11,26-27,32-33,36-39H,8-9H2,1-3H3,(H,40,41)/t10-,11+,26+,27+,30-,31-/m1/s1. The summed E-state index contributed by atoms with van der Waals surface area (Å²) in [5.74, 6) is -10.5. The van der Waals surface area contributed by atoms with Gasteiger partial charge in [-0.3, -0.25) is 9.59 Å². The lowest BCUT2D eigenvalue weighted by molar-refractivity contribution is -0.173. The van der Waals surface area contributed by atoms with Crippen molar-refractivity contribution in [1.82, 2.24) is 0 Å². The first-order valence-electron chi connectivity index (χ1n) is 13.9. The van der Waals surface area contributed by atoms with E-state index in [-0.39, 0.29) is 24.0 Å². The highest BCUT2D eigenvalue weighted by molar-refractivity contribution is 6.14. The Hall–Kier alpha value is -5.08. The van der Waals surface area contributed by atoms with E-state index in [2.05, 4.69) is 0 Å². The summed E-state index contributed by atoms with van der Waals surface area (Å²) in [6.07, 6.45) is -4.18. The lowest BCUT2D eigenvalue weighted by Gasteiger charge is -2.46. The van der Waals surface area contributed by atoms with Gasteiger partial charge in [-0.05, 0) is 36.1 Å². The molecule has 4 aliphatic rings. The first kappa shape index (κ1) is 30.0. The normalized spacial score (nSPS) is 30.3. The van der Waals surface area contributed by atoms with Crippen molar-refractivity contribution in [2.24, 2.45) is 11.8 Å². The fourth-order valence-electron chi connectivity index (χ4n) is 6.87. The average molecular weight is 625 g/mol. The molecule has 45 heavy (non-hydrogen) atoms. The molecule has 236 valence electrons. The van der Waals surface area contributed by atoms with Gasteiger partial charge in [0.1, 0.15) is 57.9 Å². The third-order valence-electron chi connectivity index (χ3n) is 9.07. The molecule has 7 N–H and O–H groups in total. The maximum absolute atomic E-state index is 13.3. The number of carboxylic acids is 1. The molecule has 6 rings (SSSR count). The van der Waals surface area contributed by atoms with Crippen molar-refractivity contribution in [3.05, 3.63) is 46.5 Å². The van der Waals surface area contributed by atoms with Gasteiger partial charge in [0.15, 0.2) is 11.6 Å². The van der Waals surface area contributed by atoms with E-state index >= 15 is 0 Å². The number of carboxylic acid groups (broad SMARTS) is 1. The molecule has 0 saturated heterocycles. The molecule has 0 spiro atoms. The molecule has 6 atom stereocenters. The van der Waals surface area contributed by atoms with Crippen molar-refractivity contribution in [2.45, 2.75) is 50.1 Å². The summed E-state index contributed by atoms with van der Waals surface area (Å²) < 4.78 is 17.0. The number of hydrogen-bond acceptors (Lipinski definition) is 13. The van der Waals surface area contributed by atoms with E-state index in [4.69, 9.17) is 14.2 Å². The number of aliphatic carboxylic acids is 1. The minimum absolute atomic E-state index is 0.146. The van der Waals surface area contributed by atoms with Crippen LogP contribution in [-0.2, 0) is 23.9 Å². The van der Waals surface area contributed by atoms with E-state index in [1.807, 2.05) is 0 Å². The molecule has 0 radical (unpaired) electrons. The first-order chi connectivity index (χ1) is 21.1. The number of phenols is 2. The van der Waals surface area contributed by atoms with Gasteiger partial charge < -0.3 is 50.0 Å². The molecule has 2 aromatic rings. The summed E-state index contributed by atoms with van der Waals surface area (Å²) in [5.41, 5.74) is -8.09. The van der Waals surface area contributed by atoms with Crippen molar-refractivity contribution in [3.8, 4) is 34.1 Å². The Morgan fingerprint density at radius 2 is 1.16 bits per heavy atom. The second kappa shape index (κ2) is 9.71. The third kappa shape index (κ3) is 3.63. The minimum atomic E-state index is -2.81. The molecule has 0 bridgehead atoms. The van der Waals surface area contributed by atoms with Crippen LogP contribution in [0.5, 0.6) is 23.0 Å². The molecular weight excluding hydrogens is 596 g/mol. The number of aliphatic hydroxyl groups is 4. The van der Waals surface area contributed by atoms with Crippen molar-refractivity contribution >= 4 is 35.0 Å². The molecule has 14 nitrogen and oxygen atoms in total. The maximum atomic E-state index is 13.3. The fourth-order valence-corrected chi connectivity index (χ4v) is 6.87. The second-order valence-corrected chi connectivity index (χ2v) is 11.7. The molecule has 2 aliphatic heterocycles. The molecule has 0 unspecified atom stereocenters. The van der Waals surface area contributed by atoms with Crippen molar-refractivity contribution in [3.63, 3.8) is 0 Å². The largest absolute Gasteiger partial charge is 0.507 e. The number of Topliss-reactive ketones (excluding diaryl/α,β-unsaturated/α-hetero) is 2. The number of methoxy groups -OCH3 is 1. The number of aliphatic hydroxyl groups excluding tert-OH is 4. The molecule has 0 amide bonds. The van der Waals surface area contributed by atoms with Crippen LogP contribution in [0, 0.1) is 11.8 Å². The van der Waals surface area contributed by atoms with Gasteiger partial charge in [-0.25, -0.2) is 9.59 Å². The second-order valence-electron chi connectivity index (χ2n) is 11.7. The number of esters is 1. The summed E-state index contributed by atoms with van der Waals surface area (Å²) >= 11 is 0. The molecule has 2 aromatic carbocycles. The van der Waals surface area contributed by atoms with Crippen molar-refractivity contribution in [2.75, 3.05) is 7.11 Å². The topological polar surface area (TPSA) is 238 Å². The Morgan fingerprint density at radius 1 is 0.756 bits per heavy atom. The average Bonchev–Trinajstić information content (AvgIpc) is 2.98. The van der Waals surface area contributed by atoms with Gasteiger partial charge in [0, 0.05) is 24.0 Å². The number of carbonyl (C=O) groups excluding carboxylic acids is 3. The summed E-state index contributed by atoms with van der Waals surface area (Å²) in [6.45, 7) is 2.90. The number of aromatic hydroxyl groups is 2. The predicted octanol–water partition coefficient (Wildman–Crippen LogP) is 1.76. The Kier molecular flexibility index (Phi) is 6.47. The van der Waals surface area contributed by atoms with Crippen LogP contribution in [0.15, 0.2) is 35.4 Å². The van der Waals surface area contributed by atoms with E-state index in [0.717, 1.165) is 19.2 Å². The fraction of sp³-hybridized carbons (Fsp3) is 0.355. The van der Waals surface area contributed by atoms with Crippen LogP contribution in [0.3, 0.4) is 0 Å². The molecule has 2 aliphatic carbocycles. The number of rotatable bonds is 3. The first-order valence-corrected chi connectivity index (χ1v) is 13.9. The van der Waals surface area contributed by atoms with Crippen LogP contribution in [0.2, 0.25) is 0 Å². The number of carbonyl (C=O) groups is 4. The Balaban J connectivity index is 1.68. The van der Waals surface area contributed by atoms with Crippen LogP contribution >= 0.6 is 0 Å². The third-order valence-corrected chi connectivity index (χ3v) is 9.07. The number of benzene rings is 2. The molecule has 14 heteroatoms. The number of ether oxygens (including phenoxy) is 3. The van der Waals surface area contributed by atoms with Gasteiger partial charge in [0.05, 0.1) is 18.3 Å². The van der Waals surface area contributed by atoms with Crippen molar-refractivity contribution in [1.29, 1.82) is 0 Å². The Labute approximate surface area is 254 Å². The van der Waals surface area contributed by atoms with E-state index < -0.39 is 116 Å². The summed E-state index contributed by atoms with van der Waals surface area (Å²) in [7, 11) is 0.977. The smallest absolute Gasteiger partial charge is 0.358 e. The van der Waals surface area contributed by atoms with Crippen LogP contribution in [0.1, 0.15) is 37.8 Å². The molecule has 0 aromatic heterocycles. The maximum Gasteiger partial charge on any atom is 0.358 e. The van der Waals surface area contributed by atoms with Gasteiger partial charge in [-0.2, -0.15) is 0 Å². The van der Waals surface area contributed by atoms with E-state index in [1.54, 1.807) is 0 Å². The lowest BCUT2D eigenvalue weighted by atomic mass is 9.69. The molecular formula is C31H28O14. The monoisotopic (exact) mass is 624 g/mol. The van der Waals surface area contributed by atoms with Gasteiger partial charge in [-0.15, -0.1) is 0 Å². The van der Waals surface area contributed by atoms with Gasteiger partial charge >= 0.3 is 11.9 Å². The SMILES string of the molecule is COC(=O)[C@@]12Oc3c(-c4ccc(O)c5c4O[C@]4(C(=O)O)C(=C5O)C(=O)C[C@@H](C)[C@@H]4O)ccc(O)c3C(O)=C1C(=O)C[C@H](C)[C@@H]2O. The van der Waals surface area contributed by atoms with E-state index in [1.165, 1.54) is 26.0 Å². The molecule has 2 fully saturated rings. The van der Waals surface area contributed by atoms with E-state index in [9.17, 15) is 54.9 Å². The van der Waals surface area contributed by atoms with Crippen LogP contribution < -0.4 is 9.47 Å². The van der Waals surface area contributed by atoms with Crippen LogP contribution in [0.4, 0.5) is 0 Å². The van der Waals surface area contributed by atoms with Gasteiger partial charge in [0.25, 0.3) is 11.2 Å². The lowest BCUT2D eigenvalue weighted by Crippen LogP contribution is -2.64. The minimum Gasteiger partial charge on any atom is -0.507 e. The zero-order chi connectivity index (χ0) is 32.9. The summed E-state index contributed by atoms with van der Waals surface area (Å²) in [5, 5.41) is 77.1.